The Morgan fingerprint density at radius 2 is 2.06 bits per heavy atom. The van der Waals surface area contributed by atoms with Crippen molar-refractivity contribution >= 4 is 38.9 Å². The van der Waals surface area contributed by atoms with E-state index in [1.54, 1.807) is 6.07 Å². The van der Waals surface area contributed by atoms with Crippen LogP contribution in [0, 0.1) is 11.6 Å². The molecule has 96 valence electrons. The molecule has 0 aliphatic heterocycles. The summed E-state index contributed by atoms with van der Waals surface area (Å²) in [5, 5.41) is 10.5. The third-order valence-corrected chi connectivity index (χ3v) is 5.00. The van der Waals surface area contributed by atoms with Crippen LogP contribution < -0.4 is 0 Å². The van der Waals surface area contributed by atoms with Crippen molar-refractivity contribution in [1.82, 2.24) is 0 Å². The number of rotatable bonds is 3. The maximum atomic E-state index is 13.4. The molecular formula is C12H8BrClF2OS. The molecule has 2 aromatic rings. The van der Waals surface area contributed by atoms with E-state index in [0.717, 1.165) is 9.85 Å². The van der Waals surface area contributed by atoms with Crippen LogP contribution in [0.3, 0.4) is 0 Å². The summed E-state index contributed by atoms with van der Waals surface area (Å²) >= 11 is 10.4. The zero-order chi connectivity index (χ0) is 13.3. The molecular weight excluding hydrogens is 346 g/mol. The van der Waals surface area contributed by atoms with Gasteiger partial charge in [0.15, 0.2) is 0 Å². The second-order valence-corrected chi connectivity index (χ2v) is 6.53. The van der Waals surface area contributed by atoms with Gasteiger partial charge >= 0.3 is 0 Å². The van der Waals surface area contributed by atoms with Crippen molar-refractivity contribution in [2.75, 3.05) is 0 Å². The average molecular weight is 354 g/mol. The van der Waals surface area contributed by atoms with E-state index in [1.165, 1.54) is 23.5 Å². The van der Waals surface area contributed by atoms with Crippen LogP contribution in [0.1, 0.15) is 16.5 Å². The summed E-state index contributed by atoms with van der Waals surface area (Å²) in [5.41, 5.74) is 0.268. The highest BCUT2D eigenvalue weighted by Crippen LogP contribution is 2.36. The minimum absolute atomic E-state index is 0.0788. The van der Waals surface area contributed by atoms with E-state index in [2.05, 4.69) is 15.9 Å². The summed E-state index contributed by atoms with van der Waals surface area (Å²) in [4.78, 5) is 0.635. The molecule has 0 spiro atoms. The first-order valence-electron chi connectivity index (χ1n) is 5.04. The minimum atomic E-state index is -0.862. The van der Waals surface area contributed by atoms with E-state index in [-0.39, 0.29) is 12.0 Å². The SMILES string of the molecule is OC(Cc1ccc(F)cc1F)c1cc(Cl)c(Br)s1. The van der Waals surface area contributed by atoms with E-state index in [0.29, 0.717) is 9.90 Å². The van der Waals surface area contributed by atoms with Gasteiger partial charge in [0.1, 0.15) is 11.6 Å². The van der Waals surface area contributed by atoms with E-state index >= 15 is 0 Å². The first-order chi connectivity index (χ1) is 8.47. The van der Waals surface area contributed by atoms with Gasteiger partial charge in [-0.25, -0.2) is 8.78 Å². The van der Waals surface area contributed by atoms with Crippen LogP contribution in [0.4, 0.5) is 8.78 Å². The molecule has 0 bridgehead atoms. The maximum Gasteiger partial charge on any atom is 0.129 e. The fourth-order valence-electron chi connectivity index (χ4n) is 1.52. The molecule has 0 saturated heterocycles. The summed E-state index contributed by atoms with van der Waals surface area (Å²) < 4.78 is 26.9. The van der Waals surface area contributed by atoms with E-state index < -0.39 is 17.7 Å². The lowest BCUT2D eigenvalue weighted by Crippen LogP contribution is -2.02. The number of benzene rings is 1. The molecule has 1 atom stereocenters. The Labute approximate surface area is 120 Å². The molecule has 0 amide bonds. The molecule has 2 rings (SSSR count). The predicted molar refractivity (Wildman–Crippen MR) is 72.1 cm³/mol. The Morgan fingerprint density at radius 1 is 1.33 bits per heavy atom. The predicted octanol–water partition coefficient (Wildman–Crippen LogP) is 4.72. The van der Waals surface area contributed by atoms with Crippen molar-refractivity contribution < 1.29 is 13.9 Å². The van der Waals surface area contributed by atoms with Crippen molar-refractivity contribution in [3.8, 4) is 0 Å². The van der Waals surface area contributed by atoms with Crippen LogP contribution >= 0.6 is 38.9 Å². The monoisotopic (exact) mass is 352 g/mol. The van der Waals surface area contributed by atoms with Crippen LogP contribution in [-0.4, -0.2) is 5.11 Å². The summed E-state index contributed by atoms with van der Waals surface area (Å²) in [6.45, 7) is 0. The standard InChI is InChI=1S/C12H8BrClF2OS/c13-12-8(14)5-11(18-12)10(17)3-6-1-2-7(15)4-9(6)16/h1-2,4-5,10,17H,3H2. The number of thiophene rings is 1. The molecule has 0 radical (unpaired) electrons. The van der Waals surface area contributed by atoms with E-state index in [9.17, 15) is 13.9 Å². The molecule has 0 aliphatic rings. The molecule has 1 unspecified atom stereocenters. The van der Waals surface area contributed by atoms with Crippen LogP contribution in [0.2, 0.25) is 5.02 Å². The number of hydrogen-bond donors (Lipinski definition) is 1. The smallest absolute Gasteiger partial charge is 0.129 e. The average Bonchev–Trinajstić information content (AvgIpc) is 2.63. The molecule has 1 aromatic carbocycles. The Kier molecular flexibility index (Phi) is 4.37. The molecule has 0 aliphatic carbocycles. The second-order valence-electron chi connectivity index (χ2n) is 3.73. The van der Waals surface area contributed by atoms with Crippen LogP contribution in [0.15, 0.2) is 28.1 Å². The third-order valence-electron chi connectivity index (χ3n) is 2.42. The Bertz CT molecular complexity index is 554. The number of halogens is 4. The van der Waals surface area contributed by atoms with Gasteiger partial charge in [-0.05, 0) is 33.6 Å². The van der Waals surface area contributed by atoms with Crippen LogP contribution in [0.5, 0.6) is 0 Å². The topological polar surface area (TPSA) is 20.2 Å². The van der Waals surface area contributed by atoms with Crippen molar-refractivity contribution in [2.45, 2.75) is 12.5 Å². The van der Waals surface area contributed by atoms with Crippen molar-refractivity contribution in [3.63, 3.8) is 0 Å². The number of hydrogen-bond acceptors (Lipinski definition) is 2. The highest BCUT2D eigenvalue weighted by atomic mass is 79.9. The fraction of sp³-hybridized carbons (Fsp3) is 0.167. The van der Waals surface area contributed by atoms with Gasteiger partial charge in [-0.2, -0.15) is 0 Å². The van der Waals surface area contributed by atoms with Crippen LogP contribution in [-0.2, 0) is 6.42 Å². The zero-order valence-electron chi connectivity index (χ0n) is 8.96. The van der Waals surface area contributed by atoms with Gasteiger partial charge in [0, 0.05) is 17.4 Å². The third kappa shape index (κ3) is 3.09. The summed E-state index contributed by atoms with van der Waals surface area (Å²) in [6.07, 6.45) is -0.783. The van der Waals surface area contributed by atoms with Crippen molar-refractivity contribution in [2.24, 2.45) is 0 Å². The number of aliphatic hydroxyl groups excluding tert-OH is 1. The Hall–Kier alpha value is -0.490. The lowest BCUT2D eigenvalue weighted by Gasteiger charge is -2.09. The highest BCUT2D eigenvalue weighted by molar-refractivity contribution is 9.11. The van der Waals surface area contributed by atoms with Crippen molar-refractivity contribution in [3.05, 3.63) is 55.1 Å². The Balaban J connectivity index is 2.18. The molecule has 1 heterocycles. The lowest BCUT2D eigenvalue weighted by molar-refractivity contribution is 0.181. The molecule has 1 nitrogen and oxygen atoms in total. The Morgan fingerprint density at radius 3 is 2.61 bits per heavy atom. The first kappa shape index (κ1) is 13.9. The lowest BCUT2D eigenvalue weighted by atomic mass is 10.1. The second kappa shape index (κ2) is 5.65. The highest BCUT2D eigenvalue weighted by Gasteiger charge is 2.16. The molecule has 0 saturated carbocycles. The number of aliphatic hydroxyl groups is 1. The van der Waals surface area contributed by atoms with Gasteiger partial charge in [0.25, 0.3) is 0 Å². The van der Waals surface area contributed by atoms with Gasteiger partial charge < -0.3 is 5.11 Å². The largest absolute Gasteiger partial charge is 0.387 e. The molecule has 6 heteroatoms. The maximum absolute atomic E-state index is 13.4. The summed E-state index contributed by atoms with van der Waals surface area (Å²) in [5.74, 6) is -1.29. The summed E-state index contributed by atoms with van der Waals surface area (Å²) in [6, 6.07) is 4.93. The van der Waals surface area contributed by atoms with Gasteiger partial charge in [-0.15, -0.1) is 11.3 Å². The summed E-state index contributed by atoms with van der Waals surface area (Å²) in [7, 11) is 0. The quantitative estimate of drug-likeness (QED) is 0.846. The van der Waals surface area contributed by atoms with E-state index in [1.807, 2.05) is 0 Å². The molecule has 1 N–H and O–H groups in total. The van der Waals surface area contributed by atoms with Gasteiger partial charge in [0.05, 0.1) is 14.9 Å². The normalized spacial score (nSPS) is 12.7. The minimum Gasteiger partial charge on any atom is -0.387 e. The van der Waals surface area contributed by atoms with Crippen LogP contribution in [0.25, 0.3) is 0 Å². The molecule has 0 fully saturated rings. The molecule has 18 heavy (non-hydrogen) atoms. The molecule has 1 aromatic heterocycles. The van der Waals surface area contributed by atoms with Gasteiger partial charge in [-0.1, -0.05) is 17.7 Å². The van der Waals surface area contributed by atoms with Gasteiger partial charge in [0.2, 0.25) is 0 Å². The van der Waals surface area contributed by atoms with Crippen molar-refractivity contribution in [1.29, 1.82) is 0 Å². The van der Waals surface area contributed by atoms with E-state index in [4.69, 9.17) is 11.6 Å². The first-order valence-corrected chi connectivity index (χ1v) is 7.03. The zero-order valence-corrected chi connectivity index (χ0v) is 12.1. The van der Waals surface area contributed by atoms with Gasteiger partial charge in [-0.3, -0.25) is 0 Å². The fourth-order valence-corrected chi connectivity index (χ4v) is 3.26.